The standard InChI is InChI=1S/C27H31N3O5S2/c1-19-4-6-21(7-5-19)27-24-13-17-36-25(24)12-14-30(27)26(32)18-29(15-16-35-3)37(33,34)23-10-8-22(9-11-23)28-20(2)31/h4-11,13,17,27H,12,14-16,18H2,1-3H3,(H,28,31). The lowest BCUT2D eigenvalue weighted by Gasteiger charge is -2.37. The van der Waals surface area contributed by atoms with E-state index in [-0.39, 0.29) is 42.4 Å². The number of ether oxygens (including phenoxy) is 1. The Morgan fingerprint density at radius 1 is 1.11 bits per heavy atom. The van der Waals surface area contributed by atoms with E-state index in [4.69, 9.17) is 4.74 Å². The number of hydrogen-bond donors (Lipinski definition) is 1. The maximum absolute atomic E-state index is 13.7. The summed E-state index contributed by atoms with van der Waals surface area (Å²) in [6.45, 7) is 3.78. The number of nitrogens with one attached hydrogen (secondary N) is 1. The lowest BCUT2D eigenvalue weighted by atomic mass is 9.92. The van der Waals surface area contributed by atoms with Crippen molar-refractivity contribution in [1.82, 2.24) is 9.21 Å². The first-order chi connectivity index (χ1) is 17.7. The van der Waals surface area contributed by atoms with Crippen LogP contribution in [0.4, 0.5) is 5.69 Å². The summed E-state index contributed by atoms with van der Waals surface area (Å²) in [4.78, 5) is 28.1. The number of benzene rings is 2. The molecule has 0 radical (unpaired) electrons. The summed E-state index contributed by atoms with van der Waals surface area (Å²) in [6, 6.07) is 15.8. The maximum Gasteiger partial charge on any atom is 0.243 e. The Bertz CT molecular complexity index is 1350. The first kappa shape index (κ1) is 27.0. The van der Waals surface area contributed by atoms with E-state index in [0.29, 0.717) is 12.2 Å². The minimum absolute atomic E-state index is 0.0325. The highest BCUT2D eigenvalue weighted by Crippen LogP contribution is 2.38. The SMILES string of the molecule is COCCN(CC(=O)N1CCc2sccc2C1c1ccc(C)cc1)S(=O)(=O)c1ccc(NC(C)=O)cc1. The predicted molar refractivity (Wildman–Crippen MR) is 144 cm³/mol. The molecule has 0 saturated carbocycles. The van der Waals surface area contributed by atoms with E-state index in [2.05, 4.69) is 11.4 Å². The molecule has 37 heavy (non-hydrogen) atoms. The van der Waals surface area contributed by atoms with Crippen LogP contribution in [0.2, 0.25) is 0 Å². The highest BCUT2D eigenvalue weighted by Gasteiger charge is 2.35. The fourth-order valence-corrected chi connectivity index (χ4v) is 6.75. The van der Waals surface area contributed by atoms with E-state index in [0.717, 1.165) is 23.1 Å². The molecule has 0 aliphatic carbocycles. The topological polar surface area (TPSA) is 96.0 Å². The minimum atomic E-state index is -3.99. The van der Waals surface area contributed by atoms with Gasteiger partial charge in [-0.3, -0.25) is 9.59 Å². The number of amides is 2. The molecule has 0 fully saturated rings. The van der Waals surface area contributed by atoms with Gasteiger partial charge in [0.15, 0.2) is 0 Å². The summed E-state index contributed by atoms with van der Waals surface area (Å²) in [5.41, 5.74) is 3.71. The van der Waals surface area contributed by atoms with Gasteiger partial charge in [-0.2, -0.15) is 4.31 Å². The van der Waals surface area contributed by atoms with Gasteiger partial charge in [0.1, 0.15) is 0 Å². The van der Waals surface area contributed by atoms with Crippen LogP contribution in [0, 0.1) is 6.92 Å². The van der Waals surface area contributed by atoms with Gasteiger partial charge in [0.05, 0.1) is 24.1 Å². The van der Waals surface area contributed by atoms with Crippen LogP contribution in [-0.4, -0.2) is 62.8 Å². The van der Waals surface area contributed by atoms with Crippen LogP contribution in [0.1, 0.15) is 34.5 Å². The van der Waals surface area contributed by atoms with Crippen molar-refractivity contribution in [2.45, 2.75) is 31.2 Å². The maximum atomic E-state index is 13.7. The number of anilines is 1. The molecule has 2 heterocycles. The minimum Gasteiger partial charge on any atom is -0.383 e. The monoisotopic (exact) mass is 541 g/mol. The van der Waals surface area contributed by atoms with E-state index < -0.39 is 10.0 Å². The number of methoxy groups -OCH3 is 1. The van der Waals surface area contributed by atoms with Crippen LogP contribution in [0.25, 0.3) is 0 Å². The van der Waals surface area contributed by atoms with Crippen molar-refractivity contribution in [3.63, 3.8) is 0 Å². The highest BCUT2D eigenvalue weighted by molar-refractivity contribution is 7.89. The molecule has 1 N–H and O–H groups in total. The third-order valence-corrected chi connectivity index (χ3v) is 9.20. The average molecular weight is 542 g/mol. The molecule has 3 aromatic rings. The molecule has 8 nitrogen and oxygen atoms in total. The zero-order chi connectivity index (χ0) is 26.6. The number of carbonyl (C=O) groups is 2. The van der Waals surface area contributed by atoms with Crippen LogP contribution in [0.3, 0.4) is 0 Å². The molecule has 1 aromatic heterocycles. The summed E-state index contributed by atoms with van der Waals surface area (Å²) in [6.07, 6.45) is 0.733. The second-order valence-corrected chi connectivity index (χ2v) is 11.9. The summed E-state index contributed by atoms with van der Waals surface area (Å²) >= 11 is 1.68. The molecule has 0 spiro atoms. The number of carbonyl (C=O) groups excluding carboxylic acids is 2. The quantitative estimate of drug-likeness (QED) is 0.444. The van der Waals surface area contributed by atoms with Crippen LogP contribution >= 0.6 is 11.3 Å². The van der Waals surface area contributed by atoms with Crippen molar-refractivity contribution in [3.8, 4) is 0 Å². The van der Waals surface area contributed by atoms with E-state index >= 15 is 0 Å². The van der Waals surface area contributed by atoms with Crippen molar-refractivity contribution < 1.29 is 22.7 Å². The number of nitrogens with zero attached hydrogens (tertiary/aromatic N) is 2. The molecular weight excluding hydrogens is 510 g/mol. The fourth-order valence-electron chi connectivity index (χ4n) is 4.47. The van der Waals surface area contributed by atoms with Gasteiger partial charge in [-0.15, -0.1) is 11.3 Å². The van der Waals surface area contributed by atoms with Gasteiger partial charge in [0, 0.05) is 37.7 Å². The number of hydrogen-bond acceptors (Lipinski definition) is 6. The number of thiophene rings is 1. The molecule has 1 atom stereocenters. The Labute approximate surface area is 221 Å². The third kappa shape index (κ3) is 6.10. The van der Waals surface area contributed by atoms with Gasteiger partial charge in [0.2, 0.25) is 21.8 Å². The molecular formula is C27H31N3O5S2. The molecule has 1 aliphatic rings. The Balaban J connectivity index is 1.62. The largest absolute Gasteiger partial charge is 0.383 e. The summed E-state index contributed by atoms with van der Waals surface area (Å²) < 4.78 is 33.4. The second kappa shape index (κ2) is 11.6. The van der Waals surface area contributed by atoms with Gasteiger partial charge in [-0.05, 0) is 60.2 Å². The number of fused-ring (bicyclic) bond motifs is 1. The van der Waals surface area contributed by atoms with E-state index in [1.807, 2.05) is 36.6 Å². The molecule has 0 bridgehead atoms. The zero-order valence-electron chi connectivity index (χ0n) is 21.1. The van der Waals surface area contributed by atoms with Crippen molar-refractivity contribution in [3.05, 3.63) is 81.5 Å². The molecule has 4 rings (SSSR count). The molecule has 196 valence electrons. The van der Waals surface area contributed by atoms with Crippen molar-refractivity contribution in [1.29, 1.82) is 0 Å². The van der Waals surface area contributed by atoms with Crippen molar-refractivity contribution >= 4 is 38.9 Å². The third-order valence-electron chi connectivity index (χ3n) is 6.35. The number of rotatable bonds is 9. The fraction of sp³-hybridized carbons (Fsp3) is 0.333. The van der Waals surface area contributed by atoms with Gasteiger partial charge >= 0.3 is 0 Å². The van der Waals surface area contributed by atoms with Crippen molar-refractivity contribution in [2.24, 2.45) is 0 Å². The smallest absolute Gasteiger partial charge is 0.243 e. The van der Waals surface area contributed by atoms with Crippen LogP contribution in [0.5, 0.6) is 0 Å². The van der Waals surface area contributed by atoms with Gasteiger partial charge in [-0.25, -0.2) is 8.42 Å². The zero-order valence-corrected chi connectivity index (χ0v) is 22.8. The summed E-state index contributed by atoms with van der Waals surface area (Å²) in [5.74, 6) is -0.515. The first-order valence-electron chi connectivity index (χ1n) is 12.0. The number of sulfonamides is 1. The highest BCUT2D eigenvalue weighted by atomic mass is 32.2. The van der Waals surface area contributed by atoms with E-state index in [9.17, 15) is 18.0 Å². The Kier molecular flexibility index (Phi) is 8.43. The van der Waals surface area contributed by atoms with Crippen LogP contribution < -0.4 is 5.32 Å². The Morgan fingerprint density at radius 3 is 2.46 bits per heavy atom. The molecule has 2 aromatic carbocycles. The van der Waals surface area contributed by atoms with Crippen LogP contribution in [0.15, 0.2) is 64.9 Å². The Morgan fingerprint density at radius 2 is 1.81 bits per heavy atom. The lowest BCUT2D eigenvalue weighted by molar-refractivity contribution is -0.133. The van der Waals surface area contributed by atoms with Gasteiger partial charge in [-0.1, -0.05) is 29.8 Å². The van der Waals surface area contributed by atoms with Gasteiger partial charge < -0.3 is 15.0 Å². The average Bonchev–Trinajstić information content (AvgIpc) is 3.35. The molecule has 10 heteroatoms. The molecule has 1 aliphatic heterocycles. The normalized spacial score (nSPS) is 15.5. The number of aryl methyl sites for hydroxylation is 1. The Hall–Kier alpha value is -3.05. The second-order valence-electron chi connectivity index (χ2n) is 8.99. The van der Waals surface area contributed by atoms with E-state index in [1.165, 1.54) is 47.5 Å². The molecule has 1 unspecified atom stereocenters. The van der Waals surface area contributed by atoms with E-state index in [1.54, 1.807) is 16.2 Å². The van der Waals surface area contributed by atoms with Gasteiger partial charge in [0.25, 0.3) is 0 Å². The lowest BCUT2D eigenvalue weighted by Crippen LogP contribution is -2.47. The first-order valence-corrected chi connectivity index (χ1v) is 14.3. The summed E-state index contributed by atoms with van der Waals surface area (Å²) in [5, 5.41) is 4.67. The van der Waals surface area contributed by atoms with Crippen molar-refractivity contribution in [2.75, 3.05) is 38.7 Å². The molecule has 2 amide bonds. The summed E-state index contributed by atoms with van der Waals surface area (Å²) in [7, 11) is -2.50. The molecule has 0 saturated heterocycles. The predicted octanol–water partition coefficient (Wildman–Crippen LogP) is 3.83. The van der Waals surface area contributed by atoms with Crippen LogP contribution in [-0.2, 0) is 30.8 Å².